The lowest BCUT2D eigenvalue weighted by Gasteiger charge is -2.30. The van der Waals surface area contributed by atoms with E-state index in [1.165, 1.54) is 6.42 Å². The maximum atomic E-state index is 12.6. The van der Waals surface area contributed by atoms with Crippen molar-refractivity contribution in [3.05, 3.63) is 47.5 Å². The van der Waals surface area contributed by atoms with Crippen LogP contribution in [0.25, 0.3) is 0 Å². The monoisotopic (exact) mass is 412 g/mol. The Morgan fingerprint density at radius 1 is 1.03 bits per heavy atom. The smallest absolute Gasteiger partial charge is 0.319 e. The van der Waals surface area contributed by atoms with Gasteiger partial charge in [-0.05, 0) is 55.7 Å². The van der Waals surface area contributed by atoms with Crippen LogP contribution in [0, 0.1) is 0 Å². The molecule has 2 aromatic carbocycles. The summed E-state index contributed by atoms with van der Waals surface area (Å²) in [5.74, 6) is 0.792. The zero-order valence-electron chi connectivity index (χ0n) is 17.4. The number of rotatable bonds is 7. The minimum atomic E-state index is -0.537. The first-order chi connectivity index (χ1) is 14.5. The molecular formula is C22H28N4O4. The number of nitrogens with one attached hydrogen (secondary N) is 2. The van der Waals surface area contributed by atoms with Gasteiger partial charge in [0.1, 0.15) is 11.5 Å². The normalized spacial score (nSPS) is 13.5. The minimum Gasteiger partial charge on any atom is -0.497 e. The van der Waals surface area contributed by atoms with E-state index in [1.807, 2.05) is 12.1 Å². The number of hydrogen-bond donors (Lipinski definition) is 3. The summed E-state index contributed by atoms with van der Waals surface area (Å²) in [5.41, 5.74) is 8.01. The molecule has 2 aromatic rings. The summed E-state index contributed by atoms with van der Waals surface area (Å²) in [6, 6.07) is 10.2. The van der Waals surface area contributed by atoms with Gasteiger partial charge in [0.25, 0.3) is 0 Å². The predicted octanol–water partition coefficient (Wildman–Crippen LogP) is 3.11. The molecule has 1 saturated heterocycles. The molecule has 1 aliphatic heterocycles. The van der Waals surface area contributed by atoms with Crippen LogP contribution in [-0.4, -0.2) is 39.2 Å². The molecule has 1 aliphatic rings. The van der Waals surface area contributed by atoms with Crippen LogP contribution < -0.4 is 30.7 Å². The number of carbonyl (C=O) groups excluding carboxylic acids is 2. The first-order valence-corrected chi connectivity index (χ1v) is 9.96. The van der Waals surface area contributed by atoms with Gasteiger partial charge in [-0.1, -0.05) is 0 Å². The van der Waals surface area contributed by atoms with Crippen LogP contribution in [0.3, 0.4) is 0 Å². The van der Waals surface area contributed by atoms with Gasteiger partial charge in [0.2, 0.25) is 5.91 Å². The number of carbonyl (C=O) groups is 2. The first kappa shape index (κ1) is 21.3. The molecule has 0 atom stereocenters. The van der Waals surface area contributed by atoms with Crippen molar-refractivity contribution < 1.29 is 19.1 Å². The Hall–Kier alpha value is -3.42. The number of benzene rings is 2. The van der Waals surface area contributed by atoms with E-state index in [-0.39, 0.29) is 12.6 Å². The molecule has 0 spiro atoms. The SMILES string of the molecule is COc1ccc(OC)c(CNC(=O)Nc2cc(C(N)=O)ccc2N2CCCCC2)c1. The third kappa shape index (κ3) is 5.14. The van der Waals surface area contributed by atoms with Gasteiger partial charge < -0.3 is 30.7 Å². The molecule has 8 nitrogen and oxygen atoms in total. The highest BCUT2D eigenvalue weighted by Gasteiger charge is 2.18. The van der Waals surface area contributed by atoms with E-state index in [1.54, 1.807) is 38.5 Å². The van der Waals surface area contributed by atoms with Crippen LogP contribution in [0.4, 0.5) is 16.2 Å². The lowest BCUT2D eigenvalue weighted by molar-refractivity contribution is 0.100. The van der Waals surface area contributed by atoms with E-state index in [0.717, 1.165) is 37.2 Å². The second-order valence-electron chi connectivity index (χ2n) is 7.13. The zero-order valence-corrected chi connectivity index (χ0v) is 17.4. The van der Waals surface area contributed by atoms with Gasteiger partial charge in [0, 0.05) is 30.8 Å². The van der Waals surface area contributed by atoms with Crippen molar-refractivity contribution in [2.24, 2.45) is 5.73 Å². The summed E-state index contributed by atoms with van der Waals surface area (Å²) >= 11 is 0. The predicted molar refractivity (Wildman–Crippen MR) is 116 cm³/mol. The van der Waals surface area contributed by atoms with E-state index < -0.39 is 5.91 Å². The molecule has 0 radical (unpaired) electrons. The largest absolute Gasteiger partial charge is 0.497 e. The number of primary amides is 1. The summed E-state index contributed by atoms with van der Waals surface area (Å²) in [5, 5.41) is 5.70. The highest BCUT2D eigenvalue weighted by atomic mass is 16.5. The maximum Gasteiger partial charge on any atom is 0.319 e. The molecule has 0 unspecified atom stereocenters. The fourth-order valence-corrected chi connectivity index (χ4v) is 3.56. The minimum absolute atomic E-state index is 0.251. The molecule has 160 valence electrons. The van der Waals surface area contributed by atoms with Gasteiger partial charge in [-0.2, -0.15) is 0 Å². The second kappa shape index (κ2) is 9.87. The lowest BCUT2D eigenvalue weighted by atomic mass is 10.1. The molecule has 30 heavy (non-hydrogen) atoms. The van der Waals surface area contributed by atoms with Crippen LogP contribution in [0.1, 0.15) is 35.2 Å². The third-order valence-corrected chi connectivity index (χ3v) is 5.15. The van der Waals surface area contributed by atoms with Gasteiger partial charge in [0.05, 0.1) is 25.6 Å². The second-order valence-corrected chi connectivity index (χ2v) is 7.13. The first-order valence-electron chi connectivity index (χ1n) is 9.96. The fourth-order valence-electron chi connectivity index (χ4n) is 3.56. The van der Waals surface area contributed by atoms with Crippen LogP contribution in [0.5, 0.6) is 11.5 Å². The number of piperidine rings is 1. The number of methoxy groups -OCH3 is 2. The average Bonchev–Trinajstić information content (AvgIpc) is 2.78. The Balaban J connectivity index is 1.75. The van der Waals surface area contributed by atoms with Crippen molar-refractivity contribution in [2.45, 2.75) is 25.8 Å². The molecule has 0 saturated carbocycles. The van der Waals surface area contributed by atoms with E-state index in [2.05, 4.69) is 15.5 Å². The topological polar surface area (TPSA) is 106 Å². The van der Waals surface area contributed by atoms with E-state index >= 15 is 0 Å². The molecule has 8 heteroatoms. The highest BCUT2D eigenvalue weighted by molar-refractivity contribution is 5.98. The number of anilines is 2. The summed E-state index contributed by atoms with van der Waals surface area (Å²) < 4.78 is 10.6. The Morgan fingerprint density at radius 2 is 1.80 bits per heavy atom. The number of urea groups is 1. The van der Waals surface area contributed by atoms with Crippen LogP contribution in [0.2, 0.25) is 0 Å². The van der Waals surface area contributed by atoms with Crippen LogP contribution >= 0.6 is 0 Å². The summed E-state index contributed by atoms with van der Waals surface area (Å²) in [4.78, 5) is 26.5. The number of amides is 3. The highest BCUT2D eigenvalue weighted by Crippen LogP contribution is 2.30. The van der Waals surface area contributed by atoms with Crippen molar-refractivity contribution in [3.8, 4) is 11.5 Å². The Labute approximate surface area is 176 Å². The van der Waals surface area contributed by atoms with E-state index in [0.29, 0.717) is 22.7 Å². The molecule has 0 bridgehead atoms. The summed E-state index contributed by atoms with van der Waals surface area (Å²) in [6.45, 7) is 2.07. The molecule has 0 aromatic heterocycles. The quantitative estimate of drug-likeness (QED) is 0.648. The molecule has 1 heterocycles. The van der Waals surface area contributed by atoms with Crippen molar-refractivity contribution in [2.75, 3.05) is 37.5 Å². The average molecular weight is 412 g/mol. The van der Waals surface area contributed by atoms with Gasteiger partial charge >= 0.3 is 6.03 Å². The summed E-state index contributed by atoms with van der Waals surface area (Å²) in [6.07, 6.45) is 3.39. The van der Waals surface area contributed by atoms with Crippen molar-refractivity contribution in [1.29, 1.82) is 0 Å². The van der Waals surface area contributed by atoms with Crippen molar-refractivity contribution >= 4 is 23.3 Å². The van der Waals surface area contributed by atoms with Gasteiger partial charge in [-0.25, -0.2) is 4.79 Å². The Bertz CT molecular complexity index is 910. The maximum absolute atomic E-state index is 12.6. The van der Waals surface area contributed by atoms with Crippen LogP contribution in [-0.2, 0) is 6.54 Å². The number of ether oxygens (including phenoxy) is 2. The molecule has 3 amide bonds. The van der Waals surface area contributed by atoms with Crippen molar-refractivity contribution in [3.63, 3.8) is 0 Å². The number of nitrogens with two attached hydrogens (primary N) is 1. The third-order valence-electron chi connectivity index (χ3n) is 5.15. The van der Waals surface area contributed by atoms with E-state index in [4.69, 9.17) is 15.2 Å². The van der Waals surface area contributed by atoms with Gasteiger partial charge in [0.15, 0.2) is 0 Å². The molecule has 3 rings (SSSR count). The van der Waals surface area contributed by atoms with Gasteiger partial charge in [-0.15, -0.1) is 0 Å². The molecular weight excluding hydrogens is 384 g/mol. The van der Waals surface area contributed by atoms with Gasteiger partial charge in [-0.3, -0.25) is 4.79 Å². The van der Waals surface area contributed by atoms with E-state index in [9.17, 15) is 9.59 Å². The summed E-state index contributed by atoms with van der Waals surface area (Å²) in [7, 11) is 3.16. The Kier molecular flexibility index (Phi) is 7.00. The standard InChI is InChI=1S/C22H28N4O4/c1-29-17-7-9-20(30-2)16(12-17)14-24-22(28)25-18-13-15(21(23)27)6-8-19(18)26-10-4-3-5-11-26/h6-9,12-13H,3-5,10-11,14H2,1-2H3,(H2,23,27)(H2,24,25,28). The molecule has 0 aliphatic carbocycles. The zero-order chi connectivity index (χ0) is 21.5. The van der Waals surface area contributed by atoms with Crippen molar-refractivity contribution in [1.82, 2.24) is 5.32 Å². The lowest BCUT2D eigenvalue weighted by Crippen LogP contribution is -2.32. The number of hydrogen-bond acceptors (Lipinski definition) is 5. The Morgan fingerprint density at radius 3 is 2.47 bits per heavy atom. The molecule has 1 fully saturated rings. The van der Waals surface area contributed by atoms with Crippen LogP contribution in [0.15, 0.2) is 36.4 Å². The number of nitrogens with zero attached hydrogens (tertiary/aromatic N) is 1. The fraction of sp³-hybridized carbons (Fsp3) is 0.364. The molecule has 4 N–H and O–H groups in total.